The molecule has 7 N–H and O–H groups in total. The second-order valence-electron chi connectivity index (χ2n) is 4.74. The van der Waals surface area contributed by atoms with Crippen LogP contribution in [0.2, 0.25) is 0 Å². The van der Waals surface area contributed by atoms with Crippen LogP contribution in [0.15, 0.2) is 0 Å². The summed E-state index contributed by atoms with van der Waals surface area (Å²) in [5.74, 6) is -2.98. The normalized spacial score (nSPS) is 19.0. The number of carboxylic acids is 1. The molecule has 0 radical (unpaired) electrons. The van der Waals surface area contributed by atoms with Gasteiger partial charge in [0, 0.05) is 0 Å². The lowest BCUT2D eigenvalue weighted by Gasteiger charge is -2.26. The Bertz CT molecular complexity index is 334. The van der Waals surface area contributed by atoms with Crippen LogP contribution in [0.1, 0.15) is 13.8 Å². The van der Waals surface area contributed by atoms with Gasteiger partial charge in [-0.05, 0) is 5.92 Å². The van der Waals surface area contributed by atoms with E-state index in [9.17, 15) is 24.9 Å². The number of nitrogens with one attached hydrogen (secondary N) is 1. The zero-order valence-corrected chi connectivity index (χ0v) is 11.2. The molecule has 5 atom stereocenters. The summed E-state index contributed by atoms with van der Waals surface area (Å²) < 4.78 is 0. The van der Waals surface area contributed by atoms with Crippen molar-refractivity contribution in [3.8, 4) is 0 Å². The Kier molecular flexibility index (Phi) is 7.61. The molecule has 0 saturated carbocycles. The van der Waals surface area contributed by atoms with Crippen molar-refractivity contribution in [1.29, 1.82) is 0 Å². The molecule has 0 aliphatic carbocycles. The first-order valence-corrected chi connectivity index (χ1v) is 5.99. The lowest BCUT2D eigenvalue weighted by Crippen LogP contribution is -2.55. The largest absolute Gasteiger partial charge is 0.480 e. The van der Waals surface area contributed by atoms with Gasteiger partial charge in [-0.1, -0.05) is 13.8 Å². The number of carboxylic acid groups (broad SMARTS) is 1. The van der Waals surface area contributed by atoms with E-state index in [0.717, 1.165) is 0 Å². The average Bonchev–Trinajstić information content (AvgIpc) is 2.39. The van der Waals surface area contributed by atoms with E-state index in [1.165, 1.54) is 13.8 Å². The van der Waals surface area contributed by atoms with Crippen LogP contribution in [0.25, 0.3) is 0 Å². The van der Waals surface area contributed by atoms with Crippen molar-refractivity contribution in [2.24, 2.45) is 5.92 Å². The summed E-state index contributed by atoms with van der Waals surface area (Å²) >= 11 is 0. The quantitative estimate of drug-likeness (QED) is 0.244. The molecule has 0 aliphatic heterocycles. The standard InChI is InChI=1S/C11H21NO8/c1-4(2)6(11(19)20)12-10(18)9(17)8(16)7(15)5(14)3-13/h4-9,13-17H,3H2,1-2H3,(H,12,18)(H,19,20)/t5-,6?,7-,8+,9-/m0/s1. The van der Waals surface area contributed by atoms with E-state index in [1.54, 1.807) is 0 Å². The predicted octanol–water partition coefficient (Wildman–Crippen LogP) is -3.35. The molecule has 0 bridgehead atoms. The van der Waals surface area contributed by atoms with Gasteiger partial charge in [-0.3, -0.25) is 4.79 Å². The van der Waals surface area contributed by atoms with Gasteiger partial charge in [0.2, 0.25) is 0 Å². The molecule has 20 heavy (non-hydrogen) atoms. The highest BCUT2D eigenvalue weighted by Crippen LogP contribution is 2.07. The Morgan fingerprint density at radius 3 is 1.90 bits per heavy atom. The molecule has 0 rings (SSSR count). The molecule has 9 heteroatoms. The molecule has 0 spiro atoms. The number of amides is 1. The third kappa shape index (κ3) is 5.02. The van der Waals surface area contributed by atoms with Crippen LogP contribution < -0.4 is 5.32 Å². The highest BCUT2D eigenvalue weighted by atomic mass is 16.4. The first-order chi connectivity index (χ1) is 9.13. The summed E-state index contributed by atoms with van der Waals surface area (Å²) in [7, 11) is 0. The Labute approximate surface area is 115 Å². The minimum absolute atomic E-state index is 0.464. The van der Waals surface area contributed by atoms with Gasteiger partial charge in [-0.25, -0.2) is 4.79 Å². The second kappa shape index (κ2) is 8.12. The summed E-state index contributed by atoms with van der Waals surface area (Å²) in [4.78, 5) is 22.5. The van der Waals surface area contributed by atoms with E-state index in [1.807, 2.05) is 5.32 Å². The summed E-state index contributed by atoms with van der Waals surface area (Å²) in [6, 6.07) is -1.27. The van der Waals surface area contributed by atoms with E-state index in [2.05, 4.69) is 0 Å². The monoisotopic (exact) mass is 295 g/mol. The number of aliphatic hydroxyl groups excluding tert-OH is 5. The summed E-state index contributed by atoms with van der Waals surface area (Å²) in [5, 5.41) is 56.9. The Hall–Kier alpha value is -1.26. The van der Waals surface area contributed by atoms with E-state index < -0.39 is 54.9 Å². The zero-order chi connectivity index (χ0) is 16.0. The fourth-order valence-electron chi connectivity index (χ4n) is 1.43. The molecular weight excluding hydrogens is 274 g/mol. The second-order valence-corrected chi connectivity index (χ2v) is 4.74. The van der Waals surface area contributed by atoms with Crippen LogP contribution in [0, 0.1) is 5.92 Å². The minimum atomic E-state index is -2.15. The molecule has 0 saturated heterocycles. The lowest BCUT2D eigenvalue weighted by molar-refractivity contribution is -0.153. The van der Waals surface area contributed by atoms with E-state index in [4.69, 9.17) is 15.3 Å². The summed E-state index contributed by atoms with van der Waals surface area (Å²) in [5.41, 5.74) is 0. The maximum absolute atomic E-state index is 11.6. The third-order valence-corrected chi connectivity index (χ3v) is 2.75. The fourth-order valence-corrected chi connectivity index (χ4v) is 1.43. The average molecular weight is 295 g/mol. The summed E-state index contributed by atoms with van der Waals surface area (Å²) in [6.45, 7) is 2.19. The number of carbonyl (C=O) groups excluding carboxylic acids is 1. The van der Waals surface area contributed by atoms with Gasteiger partial charge in [0.1, 0.15) is 24.4 Å². The van der Waals surface area contributed by atoms with Crippen LogP contribution in [0.5, 0.6) is 0 Å². The van der Waals surface area contributed by atoms with Gasteiger partial charge >= 0.3 is 5.97 Å². The van der Waals surface area contributed by atoms with Crippen molar-refractivity contribution < 1.29 is 40.2 Å². The number of aliphatic carboxylic acids is 1. The molecule has 1 unspecified atom stereocenters. The Morgan fingerprint density at radius 2 is 1.55 bits per heavy atom. The van der Waals surface area contributed by atoms with E-state index in [0.29, 0.717) is 0 Å². The van der Waals surface area contributed by atoms with Gasteiger partial charge in [0.25, 0.3) is 5.91 Å². The van der Waals surface area contributed by atoms with Gasteiger partial charge < -0.3 is 36.0 Å². The van der Waals surface area contributed by atoms with Crippen LogP contribution in [-0.4, -0.2) is 79.6 Å². The molecular formula is C11H21NO8. The van der Waals surface area contributed by atoms with Crippen molar-refractivity contribution >= 4 is 11.9 Å². The smallest absolute Gasteiger partial charge is 0.326 e. The van der Waals surface area contributed by atoms with Gasteiger partial charge in [0.15, 0.2) is 6.10 Å². The first kappa shape index (κ1) is 18.7. The lowest BCUT2D eigenvalue weighted by atomic mass is 10.0. The number of rotatable bonds is 8. The number of hydrogen-bond donors (Lipinski definition) is 7. The fraction of sp³-hybridized carbons (Fsp3) is 0.818. The molecule has 1 amide bonds. The first-order valence-electron chi connectivity index (χ1n) is 5.99. The number of aliphatic hydroxyl groups is 5. The van der Waals surface area contributed by atoms with Crippen molar-refractivity contribution in [1.82, 2.24) is 5.32 Å². The number of carbonyl (C=O) groups is 2. The van der Waals surface area contributed by atoms with Crippen LogP contribution in [0.3, 0.4) is 0 Å². The van der Waals surface area contributed by atoms with E-state index >= 15 is 0 Å². The van der Waals surface area contributed by atoms with Crippen LogP contribution in [-0.2, 0) is 9.59 Å². The highest BCUT2D eigenvalue weighted by molar-refractivity contribution is 5.86. The maximum atomic E-state index is 11.6. The SMILES string of the molecule is CC(C)C(NC(=O)[C@@H](O)[C@H](O)[C@@H](O)[C@@H](O)CO)C(=O)O. The molecule has 0 aliphatic rings. The zero-order valence-electron chi connectivity index (χ0n) is 11.2. The van der Waals surface area contributed by atoms with Crippen molar-refractivity contribution in [2.45, 2.75) is 44.3 Å². The molecule has 0 aromatic heterocycles. The van der Waals surface area contributed by atoms with Gasteiger partial charge in [0.05, 0.1) is 6.61 Å². The maximum Gasteiger partial charge on any atom is 0.326 e. The van der Waals surface area contributed by atoms with E-state index in [-0.39, 0.29) is 0 Å². The molecule has 0 heterocycles. The molecule has 118 valence electrons. The highest BCUT2D eigenvalue weighted by Gasteiger charge is 2.36. The van der Waals surface area contributed by atoms with Gasteiger partial charge in [-0.2, -0.15) is 0 Å². The Balaban J connectivity index is 4.72. The topological polar surface area (TPSA) is 168 Å². The van der Waals surface area contributed by atoms with Crippen molar-refractivity contribution in [3.05, 3.63) is 0 Å². The Morgan fingerprint density at radius 1 is 1.05 bits per heavy atom. The molecule has 0 aromatic carbocycles. The van der Waals surface area contributed by atoms with Crippen LogP contribution >= 0.6 is 0 Å². The van der Waals surface area contributed by atoms with Crippen molar-refractivity contribution in [3.63, 3.8) is 0 Å². The minimum Gasteiger partial charge on any atom is -0.480 e. The molecule has 0 aromatic rings. The molecule has 9 nitrogen and oxygen atoms in total. The van der Waals surface area contributed by atoms with Gasteiger partial charge in [-0.15, -0.1) is 0 Å². The third-order valence-electron chi connectivity index (χ3n) is 2.75. The predicted molar refractivity (Wildman–Crippen MR) is 65.5 cm³/mol. The summed E-state index contributed by atoms with van der Waals surface area (Å²) in [6.07, 6.45) is -7.92. The van der Waals surface area contributed by atoms with Crippen molar-refractivity contribution in [2.75, 3.05) is 6.61 Å². The number of hydrogen-bond acceptors (Lipinski definition) is 7. The van der Waals surface area contributed by atoms with Crippen LogP contribution in [0.4, 0.5) is 0 Å². The molecule has 0 fully saturated rings.